The van der Waals surface area contributed by atoms with Gasteiger partial charge in [-0.2, -0.15) is 5.06 Å². The van der Waals surface area contributed by atoms with Crippen molar-refractivity contribution in [3.8, 4) is 11.8 Å². The molecule has 41 heavy (non-hydrogen) atoms. The molecule has 1 aromatic heterocycles. The van der Waals surface area contributed by atoms with Crippen molar-refractivity contribution in [2.45, 2.75) is 45.1 Å². The number of aromatic amines is 1. The number of benzene rings is 3. The Kier molecular flexibility index (Phi) is 8.81. The molecule has 4 aromatic rings. The van der Waals surface area contributed by atoms with Gasteiger partial charge in [-0.05, 0) is 73.9 Å². The van der Waals surface area contributed by atoms with Crippen LogP contribution in [0.2, 0.25) is 0 Å². The first-order chi connectivity index (χ1) is 19.8. The monoisotopic (exact) mass is 555 g/mol. The number of nitrogens with one attached hydrogen (secondary N) is 2. The molecule has 1 amide bonds. The third kappa shape index (κ3) is 6.67. The van der Waals surface area contributed by atoms with Crippen LogP contribution in [0, 0.1) is 30.5 Å². The van der Waals surface area contributed by atoms with E-state index in [9.17, 15) is 19.4 Å². The lowest BCUT2D eigenvalue weighted by Crippen LogP contribution is -2.48. The maximum Gasteiger partial charge on any atom is 0.240 e. The SMILES string of the molecule is Cc1ccc(C#Cc2ccc(CN3O[C@H]([C@H](C)O)[C@H](CO)C3C(=O)NCCc3c[nH]c4cc(F)ccc34)cc2)cc1. The quantitative estimate of drug-likeness (QED) is 0.248. The fourth-order valence-electron chi connectivity index (χ4n) is 5.25. The molecule has 0 aliphatic carbocycles. The average molecular weight is 556 g/mol. The van der Waals surface area contributed by atoms with Gasteiger partial charge in [0.1, 0.15) is 18.0 Å². The van der Waals surface area contributed by atoms with Crippen LogP contribution in [-0.2, 0) is 22.6 Å². The van der Waals surface area contributed by atoms with Gasteiger partial charge in [0, 0.05) is 40.7 Å². The standard InChI is InChI=1S/C33H34FN3O4/c1-21-3-5-23(6-4-21)7-8-24-9-11-25(12-10-24)19-37-31(29(20-38)32(41-37)22(2)39)33(40)35-16-15-26-18-36-30-17-27(34)13-14-28(26)30/h3-6,9-14,17-18,22,29,31-32,36,38-39H,15-16,19-20H2,1-2H3,(H,35,40)/t22-,29+,31?,32+/m0/s1. The number of hydrogen-bond donors (Lipinski definition) is 4. The molecule has 1 fully saturated rings. The van der Waals surface area contributed by atoms with Crippen molar-refractivity contribution in [3.05, 3.63) is 107 Å². The second-order valence-electron chi connectivity index (χ2n) is 10.5. The molecule has 4 N–H and O–H groups in total. The number of aromatic nitrogens is 1. The minimum absolute atomic E-state index is 0.289. The molecule has 3 aromatic carbocycles. The number of hydroxylamine groups is 2. The van der Waals surface area contributed by atoms with Crippen molar-refractivity contribution in [2.75, 3.05) is 13.2 Å². The highest BCUT2D eigenvalue weighted by atomic mass is 19.1. The molecule has 212 valence electrons. The molecule has 0 saturated carbocycles. The van der Waals surface area contributed by atoms with Crippen molar-refractivity contribution >= 4 is 16.8 Å². The average Bonchev–Trinajstić information content (AvgIpc) is 3.54. The van der Waals surface area contributed by atoms with Crippen LogP contribution < -0.4 is 5.32 Å². The molecule has 5 rings (SSSR count). The summed E-state index contributed by atoms with van der Waals surface area (Å²) in [5, 5.41) is 25.9. The van der Waals surface area contributed by atoms with E-state index >= 15 is 0 Å². The van der Waals surface area contributed by atoms with E-state index in [2.05, 4.69) is 22.1 Å². The van der Waals surface area contributed by atoms with E-state index in [1.807, 2.05) is 61.7 Å². The van der Waals surface area contributed by atoms with Crippen molar-refractivity contribution in [1.82, 2.24) is 15.4 Å². The van der Waals surface area contributed by atoms with E-state index in [0.717, 1.165) is 27.6 Å². The summed E-state index contributed by atoms with van der Waals surface area (Å²) >= 11 is 0. The summed E-state index contributed by atoms with van der Waals surface area (Å²) in [7, 11) is 0. The van der Waals surface area contributed by atoms with Crippen molar-refractivity contribution in [2.24, 2.45) is 5.92 Å². The van der Waals surface area contributed by atoms with Gasteiger partial charge in [-0.25, -0.2) is 4.39 Å². The number of fused-ring (bicyclic) bond motifs is 1. The van der Waals surface area contributed by atoms with Gasteiger partial charge in [-0.1, -0.05) is 41.7 Å². The predicted molar refractivity (Wildman–Crippen MR) is 155 cm³/mol. The Bertz CT molecular complexity index is 1550. The third-order valence-electron chi connectivity index (χ3n) is 7.47. The normalized spacial score (nSPS) is 19.6. The number of carbonyl (C=O) groups is 1. The Hall–Kier alpha value is -4.00. The Balaban J connectivity index is 1.26. The molecule has 0 spiro atoms. The summed E-state index contributed by atoms with van der Waals surface area (Å²) in [4.78, 5) is 22.5. The van der Waals surface area contributed by atoms with Gasteiger partial charge in [0.05, 0.1) is 19.3 Å². The summed E-state index contributed by atoms with van der Waals surface area (Å²) in [6.07, 6.45) is 0.757. The van der Waals surface area contributed by atoms with Crippen LogP contribution >= 0.6 is 0 Å². The number of carbonyl (C=O) groups excluding carboxylic acids is 1. The first-order valence-electron chi connectivity index (χ1n) is 13.8. The number of amides is 1. The smallest absolute Gasteiger partial charge is 0.240 e. The first-order valence-corrected chi connectivity index (χ1v) is 13.8. The van der Waals surface area contributed by atoms with Crippen LogP contribution in [0.5, 0.6) is 0 Å². The molecule has 1 aliphatic heterocycles. The minimum atomic E-state index is -0.876. The highest BCUT2D eigenvalue weighted by Gasteiger charge is 2.48. The van der Waals surface area contributed by atoms with Gasteiger partial charge in [-0.15, -0.1) is 0 Å². The lowest BCUT2D eigenvalue weighted by atomic mass is 9.92. The second-order valence-corrected chi connectivity index (χ2v) is 10.5. The van der Waals surface area contributed by atoms with Crippen molar-refractivity contribution < 1.29 is 24.2 Å². The van der Waals surface area contributed by atoms with Gasteiger partial charge < -0.3 is 20.5 Å². The topological polar surface area (TPSA) is 97.8 Å². The van der Waals surface area contributed by atoms with Gasteiger partial charge >= 0.3 is 0 Å². The summed E-state index contributed by atoms with van der Waals surface area (Å²) < 4.78 is 13.5. The Labute approximate surface area is 238 Å². The van der Waals surface area contributed by atoms with E-state index < -0.39 is 24.2 Å². The lowest BCUT2D eigenvalue weighted by Gasteiger charge is -2.24. The maximum absolute atomic E-state index is 13.5. The number of aliphatic hydroxyl groups is 2. The minimum Gasteiger partial charge on any atom is -0.396 e. The summed E-state index contributed by atoms with van der Waals surface area (Å²) in [6.45, 7) is 3.95. The fourth-order valence-corrected chi connectivity index (χ4v) is 5.25. The van der Waals surface area contributed by atoms with Crippen LogP contribution in [0.25, 0.3) is 10.9 Å². The molecule has 0 bridgehead atoms. The van der Waals surface area contributed by atoms with Crippen LogP contribution in [0.4, 0.5) is 4.39 Å². The summed E-state index contributed by atoms with van der Waals surface area (Å²) in [6, 6.07) is 19.5. The molecular formula is C33H34FN3O4. The summed E-state index contributed by atoms with van der Waals surface area (Å²) in [5.41, 5.74) is 5.56. The van der Waals surface area contributed by atoms with Crippen LogP contribution in [0.1, 0.15) is 34.7 Å². The molecule has 8 heteroatoms. The number of H-pyrrole nitrogens is 1. The van der Waals surface area contributed by atoms with E-state index in [-0.39, 0.29) is 24.9 Å². The number of aryl methyl sites for hydroxylation is 1. The van der Waals surface area contributed by atoms with Crippen molar-refractivity contribution in [1.29, 1.82) is 0 Å². The fraction of sp³-hybridized carbons (Fsp3) is 0.303. The van der Waals surface area contributed by atoms with Gasteiger partial charge in [0.15, 0.2) is 0 Å². The van der Waals surface area contributed by atoms with Gasteiger partial charge in [0.2, 0.25) is 5.91 Å². The largest absolute Gasteiger partial charge is 0.396 e. The van der Waals surface area contributed by atoms with Crippen LogP contribution in [0.3, 0.4) is 0 Å². The highest BCUT2D eigenvalue weighted by molar-refractivity contribution is 5.84. The Morgan fingerprint density at radius 3 is 2.44 bits per heavy atom. The van der Waals surface area contributed by atoms with E-state index in [4.69, 9.17) is 4.84 Å². The zero-order valence-electron chi connectivity index (χ0n) is 23.1. The zero-order valence-corrected chi connectivity index (χ0v) is 23.1. The molecule has 1 unspecified atom stereocenters. The molecule has 2 heterocycles. The van der Waals surface area contributed by atoms with Gasteiger partial charge in [-0.3, -0.25) is 9.63 Å². The molecule has 4 atom stereocenters. The second kappa shape index (κ2) is 12.7. The molecule has 1 aliphatic rings. The molecule has 1 saturated heterocycles. The number of nitrogens with zero attached hydrogens (tertiary/aromatic N) is 1. The number of aliphatic hydroxyl groups excluding tert-OH is 2. The van der Waals surface area contributed by atoms with E-state index in [1.165, 1.54) is 17.7 Å². The first kappa shape index (κ1) is 28.5. The number of halogens is 1. The molecular weight excluding hydrogens is 521 g/mol. The molecule has 0 radical (unpaired) electrons. The molecule has 7 nitrogen and oxygen atoms in total. The van der Waals surface area contributed by atoms with E-state index in [1.54, 1.807) is 18.1 Å². The zero-order chi connectivity index (χ0) is 28.9. The number of rotatable bonds is 8. The van der Waals surface area contributed by atoms with Crippen LogP contribution in [-0.4, -0.2) is 57.6 Å². The lowest BCUT2D eigenvalue weighted by molar-refractivity contribution is -0.192. The third-order valence-corrected chi connectivity index (χ3v) is 7.47. The predicted octanol–water partition coefficient (Wildman–Crippen LogP) is 3.85. The van der Waals surface area contributed by atoms with Crippen LogP contribution in [0.15, 0.2) is 72.9 Å². The van der Waals surface area contributed by atoms with E-state index in [0.29, 0.717) is 18.5 Å². The number of hydrogen-bond acceptors (Lipinski definition) is 5. The summed E-state index contributed by atoms with van der Waals surface area (Å²) in [5.74, 6) is 5.12. The van der Waals surface area contributed by atoms with Gasteiger partial charge in [0.25, 0.3) is 0 Å². The van der Waals surface area contributed by atoms with Crippen molar-refractivity contribution in [3.63, 3.8) is 0 Å². The Morgan fingerprint density at radius 1 is 1.10 bits per heavy atom. The Morgan fingerprint density at radius 2 is 1.78 bits per heavy atom. The highest BCUT2D eigenvalue weighted by Crippen LogP contribution is 2.31. The maximum atomic E-state index is 13.5.